The summed E-state index contributed by atoms with van der Waals surface area (Å²) in [6, 6.07) is 26.4. The highest BCUT2D eigenvalue weighted by Crippen LogP contribution is 2.32. The van der Waals surface area contributed by atoms with Crippen LogP contribution in [0.2, 0.25) is 0 Å². The van der Waals surface area contributed by atoms with Gasteiger partial charge < -0.3 is 9.47 Å². The molecule has 0 bridgehead atoms. The summed E-state index contributed by atoms with van der Waals surface area (Å²) in [7, 11) is 1.67. The lowest BCUT2D eigenvalue weighted by Gasteiger charge is -2.12. The van der Waals surface area contributed by atoms with Crippen molar-refractivity contribution in [2.45, 2.75) is 6.61 Å². The fourth-order valence-electron chi connectivity index (χ4n) is 2.33. The normalized spacial score (nSPS) is 10.2. The maximum Gasteiger partial charge on any atom is 0.161 e. The molecule has 0 N–H and O–H groups in total. The van der Waals surface area contributed by atoms with Crippen LogP contribution in [0.4, 0.5) is 0 Å². The molecule has 110 valence electrons. The van der Waals surface area contributed by atoms with Crippen molar-refractivity contribution < 1.29 is 9.47 Å². The van der Waals surface area contributed by atoms with Crippen LogP contribution in [0.1, 0.15) is 5.56 Å². The Hall–Kier alpha value is -2.74. The molecule has 3 aromatic carbocycles. The summed E-state index contributed by atoms with van der Waals surface area (Å²) in [5.41, 5.74) is 3.41. The van der Waals surface area contributed by atoms with E-state index < -0.39 is 0 Å². The zero-order chi connectivity index (χ0) is 15.2. The number of benzene rings is 3. The van der Waals surface area contributed by atoms with E-state index in [4.69, 9.17) is 9.47 Å². The Bertz CT molecular complexity index is 721. The monoisotopic (exact) mass is 290 g/mol. The van der Waals surface area contributed by atoms with Gasteiger partial charge in [-0.3, -0.25) is 0 Å². The van der Waals surface area contributed by atoms with Crippen LogP contribution < -0.4 is 9.47 Å². The van der Waals surface area contributed by atoms with Gasteiger partial charge in [0, 0.05) is 0 Å². The van der Waals surface area contributed by atoms with Gasteiger partial charge in [0.2, 0.25) is 0 Å². The van der Waals surface area contributed by atoms with Crippen molar-refractivity contribution in [1.82, 2.24) is 0 Å². The van der Waals surface area contributed by atoms with Crippen LogP contribution in [0.3, 0.4) is 0 Å². The second-order valence-corrected chi connectivity index (χ2v) is 5.01. The maximum atomic E-state index is 5.88. The van der Waals surface area contributed by atoms with Crippen molar-refractivity contribution in [3.05, 3.63) is 84.4 Å². The van der Waals surface area contributed by atoms with Crippen LogP contribution >= 0.6 is 0 Å². The zero-order valence-corrected chi connectivity index (χ0v) is 12.5. The molecule has 0 radical (unpaired) electrons. The number of ether oxygens (including phenoxy) is 2. The van der Waals surface area contributed by atoms with Crippen LogP contribution in [-0.2, 0) is 6.61 Å². The molecule has 3 aromatic rings. The average Bonchev–Trinajstić information content (AvgIpc) is 2.61. The number of hydrogen-bond acceptors (Lipinski definition) is 2. The van der Waals surface area contributed by atoms with E-state index in [0.29, 0.717) is 6.61 Å². The predicted octanol–water partition coefficient (Wildman–Crippen LogP) is 4.94. The molecule has 0 atom stereocenters. The topological polar surface area (TPSA) is 18.5 Å². The highest BCUT2D eigenvalue weighted by atomic mass is 16.5. The standard InChI is InChI=1S/C20H18O2/c1-21-20-14-18(17-10-6-3-7-11-17)12-13-19(20)22-15-16-8-4-2-5-9-16/h2-14H,15H2,1H3. The van der Waals surface area contributed by atoms with Crippen LogP contribution in [0.25, 0.3) is 11.1 Å². The van der Waals surface area contributed by atoms with Gasteiger partial charge in [0.1, 0.15) is 6.61 Å². The van der Waals surface area contributed by atoms with E-state index in [1.165, 1.54) is 0 Å². The molecule has 0 heterocycles. The Morgan fingerprint density at radius 2 is 1.36 bits per heavy atom. The van der Waals surface area contributed by atoms with E-state index >= 15 is 0 Å². The minimum atomic E-state index is 0.530. The molecule has 0 amide bonds. The van der Waals surface area contributed by atoms with Crippen molar-refractivity contribution in [3.63, 3.8) is 0 Å². The Morgan fingerprint density at radius 1 is 0.682 bits per heavy atom. The molecule has 0 saturated heterocycles. The number of methoxy groups -OCH3 is 1. The summed E-state index contributed by atoms with van der Waals surface area (Å²) in [6.45, 7) is 0.530. The maximum absolute atomic E-state index is 5.88. The van der Waals surface area contributed by atoms with Gasteiger partial charge in [-0.05, 0) is 28.8 Å². The summed E-state index contributed by atoms with van der Waals surface area (Å²) in [6.07, 6.45) is 0. The van der Waals surface area contributed by atoms with Crippen LogP contribution in [0.15, 0.2) is 78.9 Å². The third kappa shape index (κ3) is 3.29. The third-order valence-electron chi connectivity index (χ3n) is 3.51. The minimum Gasteiger partial charge on any atom is -0.493 e. The van der Waals surface area contributed by atoms with Crippen molar-refractivity contribution in [3.8, 4) is 22.6 Å². The van der Waals surface area contributed by atoms with Gasteiger partial charge in [-0.15, -0.1) is 0 Å². The second kappa shape index (κ2) is 6.81. The highest BCUT2D eigenvalue weighted by molar-refractivity contribution is 5.67. The van der Waals surface area contributed by atoms with Crippen molar-refractivity contribution >= 4 is 0 Å². The van der Waals surface area contributed by atoms with E-state index in [1.54, 1.807) is 7.11 Å². The fourth-order valence-corrected chi connectivity index (χ4v) is 2.33. The lowest BCUT2D eigenvalue weighted by atomic mass is 10.1. The minimum absolute atomic E-state index is 0.530. The van der Waals surface area contributed by atoms with Gasteiger partial charge in [0.15, 0.2) is 11.5 Å². The molecule has 22 heavy (non-hydrogen) atoms. The number of hydrogen-bond donors (Lipinski definition) is 0. The molecule has 0 fully saturated rings. The second-order valence-electron chi connectivity index (χ2n) is 5.01. The summed E-state index contributed by atoms with van der Waals surface area (Å²) in [5, 5.41) is 0. The predicted molar refractivity (Wildman–Crippen MR) is 89.2 cm³/mol. The molecule has 0 saturated carbocycles. The largest absolute Gasteiger partial charge is 0.493 e. The molecule has 3 rings (SSSR count). The van der Waals surface area contributed by atoms with Crippen LogP contribution in [-0.4, -0.2) is 7.11 Å². The molecule has 0 unspecified atom stereocenters. The molecule has 0 aliphatic rings. The lowest BCUT2D eigenvalue weighted by Crippen LogP contribution is -1.97. The third-order valence-corrected chi connectivity index (χ3v) is 3.51. The fraction of sp³-hybridized carbons (Fsp3) is 0.100. The molecule has 0 spiro atoms. The zero-order valence-electron chi connectivity index (χ0n) is 12.5. The van der Waals surface area contributed by atoms with Crippen LogP contribution in [0, 0.1) is 0 Å². The van der Waals surface area contributed by atoms with Crippen molar-refractivity contribution in [2.24, 2.45) is 0 Å². The Kier molecular flexibility index (Phi) is 4.40. The first-order valence-electron chi connectivity index (χ1n) is 7.27. The SMILES string of the molecule is COc1cc(-c2ccccc2)ccc1OCc1ccccc1. The average molecular weight is 290 g/mol. The van der Waals surface area contributed by atoms with E-state index in [0.717, 1.165) is 28.2 Å². The number of rotatable bonds is 5. The Morgan fingerprint density at radius 3 is 2.05 bits per heavy atom. The van der Waals surface area contributed by atoms with E-state index in [9.17, 15) is 0 Å². The summed E-state index contributed by atoms with van der Waals surface area (Å²) in [4.78, 5) is 0. The Labute approximate surface area is 131 Å². The van der Waals surface area contributed by atoms with Gasteiger partial charge in [0.05, 0.1) is 7.11 Å². The molecule has 0 aliphatic heterocycles. The molecule has 0 aromatic heterocycles. The van der Waals surface area contributed by atoms with E-state index in [-0.39, 0.29) is 0 Å². The summed E-state index contributed by atoms with van der Waals surface area (Å²) >= 11 is 0. The molecular formula is C20H18O2. The first kappa shape index (κ1) is 14.2. The summed E-state index contributed by atoms with van der Waals surface area (Å²) < 4.78 is 11.4. The quantitative estimate of drug-likeness (QED) is 0.662. The first-order chi connectivity index (χ1) is 10.9. The smallest absolute Gasteiger partial charge is 0.161 e. The van der Waals surface area contributed by atoms with Gasteiger partial charge in [-0.2, -0.15) is 0 Å². The lowest BCUT2D eigenvalue weighted by molar-refractivity contribution is 0.284. The molecule has 2 nitrogen and oxygen atoms in total. The molecular weight excluding hydrogens is 272 g/mol. The summed E-state index contributed by atoms with van der Waals surface area (Å²) in [5.74, 6) is 1.50. The van der Waals surface area contributed by atoms with E-state index in [1.807, 2.05) is 60.7 Å². The van der Waals surface area contributed by atoms with Gasteiger partial charge in [-0.25, -0.2) is 0 Å². The van der Waals surface area contributed by atoms with Gasteiger partial charge in [0.25, 0.3) is 0 Å². The van der Waals surface area contributed by atoms with Gasteiger partial charge in [-0.1, -0.05) is 66.7 Å². The van der Waals surface area contributed by atoms with Crippen molar-refractivity contribution in [1.29, 1.82) is 0 Å². The highest BCUT2D eigenvalue weighted by Gasteiger charge is 2.07. The molecule has 2 heteroatoms. The van der Waals surface area contributed by atoms with E-state index in [2.05, 4.69) is 18.2 Å². The molecule has 0 aliphatic carbocycles. The van der Waals surface area contributed by atoms with Crippen LogP contribution in [0.5, 0.6) is 11.5 Å². The van der Waals surface area contributed by atoms with Crippen molar-refractivity contribution in [2.75, 3.05) is 7.11 Å². The Balaban J connectivity index is 1.80. The van der Waals surface area contributed by atoms with Gasteiger partial charge >= 0.3 is 0 Å². The first-order valence-corrected chi connectivity index (χ1v) is 7.27.